The molecular weight excluding hydrogens is 514 g/mol. The SMILES string of the molecule is C[C@H](OC(=O)[C@H](C)OC(=O)CCC(=O)N1CCN=C1Nc1ccc2nccnc2c1Br)C(=O)O. The minimum atomic E-state index is -1.37. The van der Waals surface area contributed by atoms with Crippen LogP contribution in [0.5, 0.6) is 0 Å². The average molecular weight is 536 g/mol. The number of hydrogen-bond donors (Lipinski definition) is 2. The molecule has 2 heterocycles. The number of anilines is 1. The number of rotatable bonds is 8. The lowest BCUT2D eigenvalue weighted by Crippen LogP contribution is -2.38. The summed E-state index contributed by atoms with van der Waals surface area (Å²) in [7, 11) is 0. The van der Waals surface area contributed by atoms with Crippen molar-refractivity contribution in [3.63, 3.8) is 0 Å². The van der Waals surface area contributed by atoms with Gasteiger partial charge in [0.25, 0.3) is 0 Å². The molecule has 1 aromatic carbocycles. The van der Waals surface area contributed by atoms with Crippen LogP contribution in [0.4, 0.5) is 5.69 Å². The highest BCUT2D eigenvalue weighted by molar-refractivity contribution is 9.10. The third-order valence-electron chi connectivity index (χ3n) is 4.79. The number of carboxylic acids is 1. The van der Waals surface area contributed by atoms with Crippen LogP contribution in [0.25, 0.3) is 11.0 Å². The number of nitrogens with zero attached hydrogens (tertiary/aromatic N) is 4. The molecule has 0 saturated heterocycles. The van der Waals surface area contributed by atoms with E-state index >= 15 is 0 Å². The van der Waals surface area contributed by atoms with Crippen LogP contribution in [0.15, 0.2) is 34.0 Å². The van der Waals surface area contributed by atoms with Crippen LogP contribution in [0.3, 0.4) is 0 Å². The number of hydrogen-bond acceptors (Lipinski definition) is 10. The summed E-state index contributed by atoms with van der Waals surface area (Å²) in [6.45, 7) is 3.18. The number of esters is 2. The molecule has 1 aromatic heterocycles. The Kier molecular flexibility index (Phi) is 8.10. The zero-order chi connectivity index (χ0) is 24.8. The van der Waals surface area contributed by atoms with Crippen molar-refractivity contribution < 1.29 is 33.8 Å². The summed E-state index contributed by atoms with van der Waals surface area (Å²) >= 11 is 3.50. The first-order valence-electron chi connectivity index (χ1n) is 10.3. The zero-order valence-corrected chi connectivity index (χ0v) is 19.9. The predicted molar refractivity (Wildman–Crippen MR) is 123 cm³/mol. The van der Waals surface area contributed by atoms with Crippen molar-refractivity contribution in [3.05, 3.63) is 29.0 Å². The number of aromatic nitrogens is 2. The zero-order valence-electron chi connectivity index (χ0n) is 18.4. The van der Waals surface area contributed by atoms with Gasteiger partial charge in [-0.15, -0.1) is 0 Å². The molecule has 0 spiro atoms. The fourth-order valence-electron chi connectivity index (χ4n) is 2.99. The van der Waals surface area contributed by atoms with Gasteiger partial charge in [-0.3, -0.25) is 29.4 Å². The summed E-state index contributed by atoms with van der Waals surface area (Å²) < 4.78 is 10.3. The van der Waals surface area contributed by atoms with E-state index in [1.54, 1.807) is 24.5 Å². The van der Waals surface area contributed by atoms with Crippen molar-refractivity contribution in [1.29, 1.82) is 0 Å². The Morgan fingerprint density at radius 2 is 1.85 bits per heavy atom. The quantitative estimate of drug-likeness (QED) is 0.476. The predicted octanol–water partition coefficient (Wildman–Crippen LogP) is 1.73. The van der Waals surface area contributed by atoms with Crippen LogP contribution in [0.2, 0.25) is 0 Å². The van der Waals surface area contributed by atoms with Crippen LogP contribution < -0.4 is 5.32 Å². The third-order valence-corrected chi connectivity index (χ3v) is 5.59. The summed E-state index contributed by atoms with van der Waals surface area (Å²) in [4.78, 5) is 61.6. The van der Waals surface area contributed by atoms with Gasteiger partial charge in [-0.25, -0.2) is 9.59 Å². The smallest absolute Gasteiger partial charge is 0.347 e. The molecule has 0 bridgehead atoms. The molecule has 2 atom stereocenters. The minimum Gasteiger partial charge on any atom is -0.479 e. The molecular formula is C21H22BrN5O7. The lowest BCUT2D eigenvalue weighted by Gasteiger charge is -2.20. The Morgan fingerprint density at radius 1 is 1.12 bits per heavy atom. The van der Waals surface area contributed by atoms with Gasteiger partial charge in [-0.2, -0.15) is 0 Å². The van der Waals surface area contributed by atoms with E-state index < -0.39 is 30.1 Å². The first-order valence-corrected chi connectivity index (χ1v) is 11.1. The first-order chi connectivity index (χ1) is 16.2. The largest absolute Gasteiger partial charge is 0.479 e. The minimum absolute atomic E-state index is 0.169. The summed E-state index contributed by atoms with van der Waals surface area (Å²) in [5, 5.41) is 11.9. The normalized spacial score (nSPS) is 14.8. The van der Waals surface area contributed by atoms with Crippen LogP contribution in [0, 0.1) is 0 Å². The van der Waals surface area contributed by atoms with E-state index in [1.807, 2.05) is 0 Å². The standard InChI is InChI=1S/C21H22BrN5O7/c1-11(19(30)31)34-20(32)12(2)33-16(29)6-5-15(28)27-10-9-25-21(27)26-13-3-4-14-18(17(13)22)24-8-7-23-14/h3-4,7-8,11-12H,5-6,9-10H2,1-2H3,(H,25,26)(H,30,31)/t11-,12-/m0/s1. The van der Waals surface area contributed by atoms with Crippen molar-refractivity contribution in [3.8, 4) is 0 Å². The molecule has 180 valence electrons. The lowest BCUT2D eigenvalue weighted by atomic mass is 10.2. The molecule has 0 fully saturated rings. The van der Waals surface area contributed by atoms with Crippen LogP contribution in [0.1, 0.15) is 26.7 Å². The highest BCUT2D eigenvalue weighted by Gasteiger charge is 2.27. The summed E-state index contributed by atoms with van der Waals surface area (Å²) in [5.74, 6) is -3.12. The van der Waals surface area contributed by atoms with Gasteiger partial charge < -0.3 is 19.9 Å². The van der Waals surface area contributed by atoms with Gasteiger partial charge in [-0.1, -0.05) is 0 Å². The second-order valence-corrected chi connectivity index (χ2v) is 8.07. The van der Waals surface area contributed by atoms with Crippen molar-refractivity contribution in [2.45, 2.75) is 38.9 Å². The molecule has 0 saturated carbocycles. The maximum Gasteiger partial charge on any atom is 0.347 e. The number of carboxylic acid groups (broad SMARTS) is 1. The second kappa shape index (κ2) is 11.0. The monoisotopic (exact) mass is 535 g/mol. The highest BCUT2D eigenvalue weighted by atomic mass is 79.9. The molecule has 0 unspecified atom stereocenters. The molecule has 12 nitrogen and oxygen atoms in total. The third kappa shape index (κ3) is 6.04. The summed E-state index contributed by atoms with van der Waals surface area (Å²) in [6.07, 6.45) is 0.0516. The van der Waals surface area contributed by atoms with Gasteiger partial charge in [0, 0.05) is 25.4 Å². The molecule has 2 aromatic rings. The van der Waals surface area contributed by atoms with Crippen LogP contribution in [-0.2, 0) is 28.7 Å². The summed E-state index contributed by atoms with van der Waals surface area (Å²) in [5.41, 5.74) is 2.00. The molecule has 3 rings (SSSR count). The van der Waals surface area contributed by atoms with E-state index in [9.17, 15) is 19.2 Å². The number of aliphatic carboxylic acids is 1. The number of fused-ring (bicyclic) bond motifs is 1. The van der Waals surface area contributed by atoms with Gasteiger partial charge in [0.05, 0.1) is 28.6 Å². The fraction of sp³-hybridized carbons (Fsp3) is 0.381. The molecule has 0 aliphatic carbocycles. The molecule has 1 amide bonds. The number of benzene rings is 1. The van der Waals surface area contributed by atoms with Gasteiger partial charge in [-0.05, 0) is 41.9 Å². The number of halogens is 1. The Morgan fingerprint density at radius 3 is 2.59 bits per heavy atom. The molecule has 2 N–H and O–H groups in total. The van der Waals surface area contributed by atoms with E-state index in [1.165, 1.54) is 18.7 Å². The van der Waals surface area contributed by atoms with Crippen molar-refractivity contribution in [2.75, 3.05) is 18.4 Å². The van der Waals surface area contributed by atoms with Crippen molar-refractivity contribution in [2.24, 2.45) is 4.99 Å². The van der Waals surface area contributed by atoms with E-state index in [-0.39, 0.29) is 18.7 Å². The Balaban J connectivity index is 1.53. The van der Waals surface area contributed by atoms with Crippen molar-refractivity contribution in [1.82, 2.24) is 14.9 Å². The van der Waals surface area contributed by atoms with Gasteiger partial charge >= 0.3 is 17.9 Å². The van der Waals surface area contributed by atoms with Crippen molar-refractivity contribution >= 4 is 62.4 Å². The number of carbonyl (C=O) groups excluding carboxylic acids is 3. The molecule has 0 radical (unpaired) electrons. The lowest BCUT2D eigenvalue weighted by molar-refractivity contribution is -0.175. The molecule has 1 aliphatic rings. The number of guanidine groups is 1. The second-order valence-electron chi connectivity index (χ2n) is 7.28. The van der Waals surface area contributed by atoms with Gasteiger partial charge in [0.2, 0.25) is 11.9 Å². The van der Waals surface area contributed by atoms with Gasteiger partial charge in [0.15, 0.2) is 12.2 Å². The Labute approximate surface area is 202 Å². The Hall–Kier alpha value is -3.61. The van der Waals surface area contributed by atoms with E-state index in [0.717, 1.165) is 0 Å². The first kappa shape index (κ1) is 25.0. The van der Waals surface area contributed by atoms with Crippen LogP contribution in [-0.4, -0.2) is 75.0 Å². The molecule has 34 heavy (non-hydrogen) atoms. The topological polar surface area (TPSA) is 160 Å². The number of ether oxygens (including phenoxy) is 2. The van der Waals surface area contributed by atoms with E-state index in [4.69, 9.17) is 9.84 Å². The molecule has 1 aliphatic heterocycles. The summed E-state index contributed by atoms with van der Waals surface area (Å²) in [6, 6.07) is 3.57. The highest BCUT2D eigenvalue weighted by Crippen LogP contribution is 2.29. The van der Waals surface area contributed by atoms with Crippen LogP contribution >= 0.6 is 15.9 Å². The van der Waals surface area contributed by atoms with E-state index in [0.29, 0.717) is 40.2 Å². The maximum atomic E-state index is 12.7. The average Bonchev–Trinajstić information content (AvgIpc) is 3.27. The fourth-order valence-corrected chi connectivity index (χ4v) is 3.52. The van der Waals surface area contributed by atoms with Gasteiger partial charge in [0.1, 0.15) is 5.52 Å². The number of carbonyl (C=O) groups is 4. The number of amides is 1. The van der Waals surface area contributed by atoms with E-state index in [2.05, 4.69) is 40.9 Å². The number of nitrogens with one attached hydrogen (secondary N) is 1. The Bertz CT molecular complexity index is 1160. The maximum absolute atomic E-state index is 12.7. The number of aliphatic imine (C=N–C) groups is 1. The molecule has 13 heteroatoms.